The molecule has 2 aromatic rings. The summed E-state index contributed by atoms with van der Waals surface area (Å²) in [5.41, 5.74) is 7.52. The number of nitrogens with two attached hydrogens (primary N) is 1. The third kappa shape index (κ3) is 3.95. The molecule has 0 bridgehead atoms. The first-order chi connectivity index (χ1) is 9.17. The van der Waals surface area contributed by atoms with Gasteiger partial charge in [0, 0.05) is 36.0 Å². The van der Waals surface area contributed by atoms with Gasteiger partial charge in [0.15, 0.2) is 0 Å². The van der Waals surface area contributed by atoms with Gasteiger partial charge in [-0.05, 0) is 32.0 Å². The van der Waals surface area contributed by atoms with Crippen molar-refractivity contribution < 1.29 is 9.15 Å². The van der Waals surface area contributed by atoms with Crippen molar-refractivity contribution in [2.24, 2.45) is 0 Å². The summed E-state index contributed by atoms with van der Waals surface area (Å²) in [5.74, 6) is 1.75. The normalized spacial score (nSPS) is 12.1. The third-order valence-electron chi connectivity index (χ3n) is 2.74. The number of ether oxygens (including phenoxy) is 1. The SMILES string of the molecule is CCOc1cc(N)cc(NC(C)Cc2ccco2)c1. The molecule has 3 N–H and O–H groups in total. The minimum absolute atomic E-state index is 0.252. The smallest absolute Gasteiger partial charge is 0.123 e. The maximum Gasteiger partial charge on any atom is 0.123 e. The first-order valence-electron chi connectivity index (χ1n) is 6.49. The van der Waals surface area contributed by atoms with Crippen molar-refractivity contribution in [1.29, 1.82) is 0 Å². The molecular weight excluding hydrogens is 240 g/mol. The van der Waals surface area contributed by atoms with Crippen LogP contribution in [0.5, 0.6) is 5.75 Å². The van der Waals surface area contributed by atoms with Crippen LogP contribution in [0.4, 0.5) is 11.4 Å². The van der Waals surface area contributed by atoms with Crippen LogP contribution in [0.25, 0.3) is 0 Å². The lowest BCUT2D eigenvalue weighted by Crippen LogP contribution is -2.17. The molecule has 4 heteroatoms. The monoisotopic (exact) mass is 260 g/mol. The maximum absolute atomic E-state index is 5.86. The third-order valence-corrected chi connectivity index (χ3v) is 2.74. The highest BCUT2D eigenvalue weighted by Crippen LogP contribution is 2.23. The summed E-state index contributed by atoms with van der Waals surface area (Å²) in [6.07, 6.45) is 2.52. The Morgan fingerprint density at radius 2 is 2.21 bits per heavy atom. The van der Waals surface area contributed by atoms with E-state index >= 15 is 0 Å². The van der Waals surface area contributed by atoms with E-state index in [1.807, 2.05) is 37.3 Å². The Labute approximate surface area is 113 Å². The molecule has 0 saturated heterocycles. The average Bonchev–Trinajstić information content (AvgIpc) is 2.81. The van der Waals surface area contributed by atoms with Crippen LogP contribution in [0.3, 0.4) is 0 Å². The highest BCUT2D eigenvalue weighted by atomic mass is 16.5. The van der Waals surface area contributed by atoms with Crippen molar-refractivity contribution in [3.05, 3.63) is 42.4 Å². The molecule has 102 valence electrons. The predicted molar refractivity (Wildman–Crippen MR) is 77.5 cm³/mol. The lowest BCUT2D eigenvalue weighted by molar-refractivity contribution is 0.340. The number of furan rings is 1. The molecule has 19 heavy (non-hydrogen) atoms. The zero-order valence-corrected chi connectivity index (χ0v) is 11.3. The molecule has 0 saturated carbocycles. The standard InChI is InChI=1S/C15H20N2O2/c1-3-18-15-9-12(16)8-13(10-15)17-11(2)7-14-5-4-6-19-14/h4-6,8-11,17H,3,7,16H2,1-2H3. The van der Waals surface area contributed by atoms with E-state index in [2.05, 4.69) is 12.2 Å². The van der Waals surface area contributed by atoms with E-state index in [1.165, 1.54) is 0 Å². The first-order valence-corrected chi connectivity index (χ1v) is 6.49. The van der Waals surface area contributed by atoms with Gasteiger partial charge in [0.1, 0.15) is 11.5 Å². The Kier molecular flexibility index (Phi) is 4.34. The van der Waals surface area contributed by atoms with Crippen molar-refractivity contribution in [3.8, 4) is 5.75 Å². The molecule has 1 heterocycles. The molecule has 0 aliphatic heterocycles. The second-order valence-corrected chi connectivity index (χ2v) is 4.55. The van der Waals surface area contributed by atoms with Crippen molar-refractivity contribution in [2.75, 3.05) is 17.7 Å². The molecule has 1 aromatic heterocycles. The van der Waals surface area contributed by atoms with Gasteiger partial charge in [-0.15, -0.1) is 0 Å². The summed E-state index contributed by atoms with van der Waals surface area (Å²) in [4.78, 5) is 0. The van der Waals surface area contributed by atoms with E-state index in [1.54, 1.807) is 6.26 Å². The summed E-state index contributed by atoms with van der Waals surface area (Å²) in [6.45, 7) is 4.69. The molecule has 1 atom stereocenters. The molecule has 0 aliphatic rings. The van der Waals surface area contributed by atoms with Crippen LogP contribution in [-0.4, -0.2) is 12.6 Å². The summed E-state index contributed by atoms with van der Waals surface area (Å²) < 4.78 is 10.8. The van der Waals surface area contributed by atoms with Crippen LogP contribution >= 0.6 is 0 Å². The largest absolute Gasteiger partial charge is 0.494 e. The van der Waals surface area contributed by atoms with E-state index < -0.39 is 0 Å². The van der Waals surface area contributed by atoms with Gasteiger partial charge >= 0.3 is 0 Å². The van der Waals surface area contributed by atoms with Crippen LogP contribution < -0.4 is 15.8 Å². The van der Waals surface area contributed by atoms with E-state index in [0.717, 1.165) is 23.6 Å². The molecule has 0 spiro atoms. The lowest BCUT2D eigenvalue weighted by Gasteiger charge is -2.15. The zero-order valence-electron chi connectivity index (χ0n) is 11.3. The number of rotatable bonds is 6. The minimum Gasteiger partial charge on any atom is -0.494 e. The van der Waals surface area contributed by atoms with Crippen LogP contribution in [0.2, 0.25) is 0 Å². The fourth-order valence-corrected chi connectivity index (χ4v) is 2.02. The Balaban J connectivity index is 2.01. The van der Waals surface area contributed by atoms with Crippen LogP contribution in [0.15, 0.2) is 41.0 Å². The zero-order chi connectivity index (χ0) is 13.7. The molecule has 2 rings (SSSR count). The van der Waals surface area contributed by atoms with Crippen LogP contribution in [0, 0.1) is 0 Å². The summed E-state index contributed by atoms with van der Waals surface area (Å²) in [6, 6.07) is 9.81. The Morgan fingerprint density at radius 3 is 2.89 bits per heavy atom. The molecular formula is C15H20N2O2. The fraction of sp³-hybridized carbons (Fsp3) is 0.333. The van der Waals surface area contributed by atoms with Gasteiger partial charge in [0.05, 0.1) is 12.9 Å². The highest BCUT2D eigenvalue weighted by Gasteiger charge is 2.07. The molecule has 0 fully saturated rings. The number of anilines is 2. The number of hydrogen-bond acceptors (Lipinski definition) is 4. The number of nitrogens with one attached hydrogen (secondary N) is 1. The molecule has 1 unspecified atom stereocenters. The van der Waals surface area contributed by atoms with E-state index in [0.29, 0.717) is 12.3 Å². The molecule has 4 nitrogen and oxygen atoms in total. The second-order valence-electron chi connectivity index (χ2n) is 4.55. The number of nitrogen functional groups attached to an aromatic ring is 1. The molecule has 0 aliphatic carbocycles. The molecule has 0 amide bonds. The van der Waals surface area contributed by atoms with Gasteiger partial charge in [-0.25, -0.2) is 0 Å². The Bertz CT molecular complexity index is 509. The highest BCUT2D eigenvalue weighted by molar-refractivity contribution is 5.59. The van der Waals surface area contributed by atoms with Crippen molar-refractivity contribution in [2.45, 2.75) is 26.3 Å². The van der Waals surface area contributed by atoms with E-state index in [9.17, 15) is 0 Å². The van der Waals surface area contributed by atoms with Crippen LogP contribution in [-0.2, 0) is 6.42 Å². The number of hydrogen-bond donors (Lipinski definition) is 2. The van der Waals surface area contributed by atoms with Gasteiger partial charge < -0.3 is 20.2 Å². The fourth-order valence-electron chi connectivity index (χ4n) is 2.02. The van der Waals surface area contributed by atoms with E-state index in [-0.39, 0.29) is 6.04 Å². The van der Waals surface area contributed by atoms with Crippen LogP contribution in [0.1, 0.15) is 19.6 Å². The van der Waals surface area contributed by atoms with E-state index in [4.69, 9.17) is 14.9 Å². The van der Waals surface area contributed by atoms with Gasteiger partial charge in [-0.3, -0.25) is 0 Å². The average molecular weight is 260 g/mol. The Hall–Kier alpha value is -2.10. The second kappa shape index (κ2) is 6.18. The Morgan fingerprint density at radius 1 is 1.37 bits per heavy atom. The maximum atomic E-state index is 5.86. The predicted octanol–water partition coefficient (Wildman–Crippen LogP) is 3.30. The summed E-state index contributed by atoms with van der Waals surface area (Å²) in [7, 11) is 0. The van der Waals surface area contributed by atoms with Gasteiger partial charge in [-0.1, -0.05) is 0 Å². The molecule has 1 aromatic carbocycles. The summed E-state index contributed by atoms with van der Waals surface area (Å²) >= 11 is 0. The van der Waals surface area contributed by atoms with Gasteiger partial charge in [-0.2, -0.15) is 0 Å². The van der Waals surface area contributed by atoms with Gasteiger partial charge in [0.2, 0.25) is 0 Å². The number of benzene rings is 1. The lowest BCUT2D eigenvalue weighted by atomic mass is 10.1. The summed E-state index contributed by atoms with van der Waals surface area (Å²) in [5, 5.41) is 3.40. The van der Waals surface area contributed by atoms with Crippen molar-refractivity contribution in [3.63, 3.8) is 0 Å². The topological polar surface area (TPSA) is 60.4 Å². The quantitative estimate of drug-likeness (QED) is 0.782. The first kappa shape index (κ1) is 13.3. The van der Waals surface area contributed by atoms with Crippen molar-refractivity contribution >= 4 is 11.4 Å². The van der Waals surface area contributed by atoms with Crippen molar-refractivity contribution in [1.82, 2.24) is 0 Å². The van der Waals surface area contributed by atoms with Gasteiger partial charge in [0.25, 0.3) is 0 Å². The minimum atomic E-state index is 0.252. The molecule has 0 radical (unpaired) electrons.